The molecular formula is C14H17F2NO2. The molecule has 1 aromatic rings. The lowest BCUT2D eigenvalue weighted by Gasteiger charge is -2.37. The standard InChI is InChI=1S/C14H17F2NO2/c15-12-7-2-6-11(13(12)16)14(19)17(8-3-9-18)10-4-1-5-10/h2,6-7,10,18H,1,3-5,8-9H2. The first-order chi connectivity index (χ1) is 9.15. The van der Waals surface area contributed by atoms with Crippen LogP contribution >= 0.6 is 0 Å². The third kappa shape index (κ3) is 2.92. The largest absolute Gasteiger partial charge is 0.396 e. The van der Waals surface area contributed by atoms with E-state index in [9.17, 15) is 13.6 Å². The molecule has 2 rings (SSSR count). The predicted octanol–water partition coefficient (Wildman–Crippen LogP) is 2.34. The van der Waals surface area contributed by atoms with Crippen LogP contribution in [0.25, 0.3) is 0 Å². The van der Waals surface area contributed by atoms with Crippen molar-refractivity contribution in [3.05, 3.63) is 35.4 Å². The van der Waals surface area contributed by atoms with Gasteiger partial charge in [-0.1, -0.05) is 6.07 Å². The highest BCUT2D eigenvalue weighted by atomic mass is 19.2. The first-order valence-electron chi connectivity index (χ1n) is 6.51. The minimum atomic E-state index is -1.10. The van der Waals surface area contributed by atoms with Crippen LogP contribution in [-0.4, -0.2) is 35.1 Å². The van der Waals surface area contributed by atoms with Gasteiger partial charge in [-0.3, -0.25) is 4.79 Å². The molecule has 0 aromatic heterocycles. The van der Waals surface area contributed by atoms with Crippen molar-refractivity contribution in [1.29, 1.82) is 0 Å². The van der Waals surface area contributed by atoms with Crippen LogP contribution < -0.4 is 0 Å². The number of aliphatic hydroxyl groups is 1. The third-order valence-electron chi connectivity index (χ3n) is 3.52. The van der Waals surface area contributed by atoms with Crippen LogP contribution in [0.5, 0.6) is 0 Å². The van der Waals surface area contributed by atoms with Crippen molar-refractivity contribution >= 4 is 5.91 Å². The zero-order valence-corrected chi connectivity index (χ0v) is 10.6. The molecule has 0 unspecified atom stereocenters. The summed E-state index contributed by atoms with van der Waals surface area (Å²) >= 11 is 0. The molecule has 0 bridgehead atoms. The summed E-state index contributed by atoms with van der Waals surface area (Å²) in [7, 11) is 0. The van der Waals surface area contributed by atoms with E-state index in [4.69, 9.17) is 5.11 Å². The summed E-state index contributed by atoms with van der Waals surface area (Å²) in [5, 5.41) is 8.87. The van der Waals surface area contributed by atoms with Crippen LogP contribution in [0.15, 0.2) is 18.2 Å². The number of carbonyl (C=O) groups excluding carboxylic acids is 1. The van der Waals surface area contributed by atoms with Gasteiger partial charge in [0.1, 0.15) is 0 Å². The topological polar surface area (TPSA) is 40.5 Å². The molecule has 19 heavy (non-hydrogen) atoms. The molecule has 0 atom stereocenters. The Kier molecular flexibility index (Phi) is 4.47. The zero-order valence-electron chi connectivity index (χ0n) is 10.6. The van der Waals surface area contributed by atoms with Gasteiger partial charge in [0.15, 0.2) is 11.6 Å². The number of hydrogen-bond acceptors (Lipinski definition) is 2. The molecule has 1 amide bonds. The van der Waals surface area contributed by atoms with Crippen molar-refractivity contribution in [1.82, 2.24) is 4.90 Å². The van der Waals surface area contributed by atoms with E-state index in [1.165, 1.54) is 12.1 Å². The maximum Gasteiger partial charge on any atom is 0.257 e. The minimum absolute atomic E-state index is 0.0257. The molecule has 3 nitrogen and oxygen atoms in total. The zero-order chi connectivity index (χ0) is 13.8. The highest BCUT2D eigenvalue weighted by molar-refractivity contribution is 5.94. The van der Waals surface area contributed by atoms with Crippen molar-refractivity contribution in [2.45, 2.75) is 31.7 Å². The van der Waals surface area contributed by atoms with Crippen LogP contribution in [-0.2, 0) is 0 Å². The molecule has 1 aromatic carbocycles. The molecule has 104 valence electrons. The molecule has 1 aliphatic carbocycles. The van der Waals surface area contributed by atoms with Crippen molar-refractivity contribution in [3.63, 3.8) is 0 Å². The van der Waals surface area contributed by atoms with E-state index in [-0.39, 0.29) is 18.2 Å². The fraction of sp³-hybridized carbons (Fsp3) is 0.500. The molecule has 0 saturated heterocycles. The van der Waals surface area contributed by atoms with Gasteiger partial charge in [0.25, 0.3) is 5.91 Å². The molecule has 1 aliphatic rings. The molecular weight excluding hydrogens is 252 g/mol. The maximum atomic E-state index is 13.6. The van der Waals surface area contributed by atoms with Crippen LogP contribution in [0, 0.1) is 11.6 Å². The Balaban J connectivity index is 2.20. The fourth-order valence-corrected chi connectivity index (χ4v) is 2.21. The molecule has 0 aliphatic heterocycles. The number of halogens is 2. The quantitative estimate of drug-likeness (QED) is 0.891. The van der Waals surface area contributed by atoms with Crippen molar-refractivity contribution in [2.75, 3.05) is 13.2 Å². The summed E-state index contributed by atoms with van der Waals surface area (Å²) < 4.78 is 26.8. The van der Waals surface area contributed by atoms with Crippen LogP contribution in [0.4, 0.5) is 8.78 Å². The Hall–Kier alpha value is -1.49. The Morgan fingerprint density at radius 3 is 2.68 bits per heavy atom. The van der Waals surface area contributed by atoms with Crippen LogP contribution in [0.2, 0.25) is 0 Å². The Morgan fingerprint density at radius 2 is 2.11 bits per heavy atom. The number of carbonyl (C=O) groups is 1. The van der Waals surface area contributed by atoms with Crippen molar-refractivity contribution in [2.24, 2.45) is 0 Å². The number of rotatable bonds is 5. The number of hydrogen-bond donors (Lipinski definition) is 1. The minimum Gasteiger partial charge on any atom is -0.396 e. The smallest absolute Gasteiger partial charge is 0.257 e. The predicted molar refractivity (Wildman–Crippen MR) is 66.7 cm³/mol. The van der Waals surface area contributed by atoms with E-state index in [0.717, 1.165) is 25.3 Å². The van der Waals surface area contributed by atoms with Gasteiger partial charge in [-0.25, -0.2) is 8.78 Å². The lowest BCUT2D eigenvalue weighted by atomic mass is 9.90. The van der Waals surface area contributed by atoms with Gasteiger partial charge < -0.3 is 10.0 Å². The van der Waals surface area contributed by atoms with Crippen molar-refractivity contribution < 1.29 is 18.7 Å². The fourth-order valence-electron chi connectivity index (χ4n) is 2.21. The number of nitrogens with zero attached hydrogens (tertiary/aromatic N) is 1. The van der Waals surface area contributed by atoms with Gasteiger partial charge in [-0.15, -0.1) is 0 Å². The Labute approximate surface area is 110 Å². The lowest BCUT2D eigenvalue weighted by molar-refractivity contribution is 0.0557. The van der Waals surface area contributed by atoms with Gasteiger partial charge >= 0.3 is 0 Å². The number of benzene rings is 1. The molecule has 0 heterocycles. The third-order valence-corrected chi connectivity index (χ3v) is 3.52. The second-order valence-electron chi connectivity index (χ2n) is 4.76. The molecule has 1 fully saturated rings. The highest BCUT2D eigenvalue weighted by Crippen LogP contribution is 2.27. The summed E-state index contributed by atoms with van der Waals surface area (Å²) in [4.78, 5) is 13.8. The SMILES string of the molecule is O=C(c1cccc(F)c1F)N(CCCO)C1CCC1. The van der Waals surface area contributed by atoms with Gasteiger partial charge in [0, 0.05) is 19.2 Å². The summed E-state index contributed by atoms with van der Waals surface area (Å²) in [6.07, 6.45) is 3.25. The Morgan fingerprint density at radius 1 is 1.37 bits per heavy atom. The molecule has 1 saturated carbocycles. The van der Waals surface area contributed by atoms with Gasteiger partial charge in [-0.2, -0.15) is 0 Å². The van der Waals surface area contributed by atoms with Gasteiger partial charge in [-0.05, 0) is 37.8 Å². The van der Waals surface area contributed by atoms with E-state index in [0.29, 0.717) is 13.0 Å². The van der Waals surface area contributed by atoms with E-state index in [1.807, 2.05) is 0 Å². The summed E-state index contributed by atoms with van der Waals surface area (Å²) in [6, 6.07) is 3.71. The molecule has 5 heteroatoms. The molecule has 1 N–H and O–H groups in total. The summed E-state index contributed by atoms with van der Waals surface area (Å²) in [5.41, 5.74) is -0.232. The Bertz CT molecular complexity index is 461. The van der Waals surface area contributed by atoms with Crippen molar-refractivity contribution in [3.8, 4) is 0 Å². The number of amides is 1. The highest BCUT2D eigenvalue weighted by Gasteiger charge is 2.30. The van der Waals surface area contributed by atoms with E-state index in [2.05, 4.69) is 0 Å². The normalized spacial score (nSPS) is 15.1. The van der Waals surface area contributed by atoms with Gasteiger partial charge in [0.2, 0.25) is 0 Å². The number of aliphatic hydroxyl groups excluding tert-OH is 1. The van der Waals surface area contributed by atoms with E-state index >= 15 is 0 Å². The van der Waals surface area contributed by atoms with Gasteiger partial charge in [0.05, 0.1) is 5.56 Å². The lowest BCUT2D eigenvalue weighted by Crippen LogP contribution is -2.45. The summed E-state index contributed by atoms with van der Waals surface area (Å²) in [6.45, 7) is 0.345. The maximum absolute atomic E-state index is 13.6. The monoisotopic (exact) mass is 269 g/mol. The van der Waals surface area contributed by atoms with E-state index < -0.39 is 17.5 Å². The summed E-state index contributed by atoms with van der Waals surface area (Å²) in [5.74, 6) is -2.60. The average Bonchev–Trinajstić information content (AvgIpc) is 2.34. The van der Waals surface area contributed by atoms with Crippen LogP contribution in [0.3, 0.4) is 0 Å². The average molecular weight is 269 g/mol. The molecule has 0 spiro atoms. The second kappa shape index (κ2) is 6.10. The van der Waals surface area contributed by atoms with Crippen LogP contribution in [0.1, 0.15) is 36.0 Å². The second-order valence-corrected chi connectivity index (χ2v) is 4.76. The first kappa shape index (κ1) is 13.9. The van der Waals surface area contributed by atoms with E-state index in [1.54, 1.807) is 4.90 Å². The first-order valence-corrected chi connectivity index (χ1v) is 6.51. The molecule has 0 radical (unpaired) electrons.